The van der Waals surface area contributed by atoms with E-state index in [2.05, 4.69) is 10.6 Å². The van der Waals surface area contributed by atoms with E-state index in [9.17, 15) is 9.59 Å². The van der Waals surface area contributed by atoms with E-state index in [0.717, 1.165) is 18.4 Å². The summed E-state index contributed by atoms with van der Waals surface area (Å²) >= 11 is 5.88. The number of nitrogens with one attached hydrogen (secondary N) is 2. The van der Waals surface area contributed by atoms with Crippen LogP contribution in [0.2, 0.25) is 5.02 Å². The van der Waals surface area contributed by atoms with E-state index in [-0.39, 0.29) is 18.4 Å². The minimum absolute atomic E-state index is 0.0467. The topological polar surface area (TPSA) is 71.3 Å². The Morgan fingerprint density at radius 3 is 2.48 bits per heavy atom. The normalized spacial score (nSPS) is 15.0. The van der Waals surface area contributed by atoms with Gasteiger partial charge in [0.15, 0.2) is 0 Å². The summed E-state index contributed by atoms with van der Waals surface area (Å²) in [7, 11) is 0. The van der Waals surface area contributed by atoms with E-state index < -0.39 is 5.41 Å². The first kappa shape index (κ1) is 15.6. The molecule has 0 aliphatic heterocycles. The van der Waals surface area contributed by atoms with Gasteiger partial charge in [0.1, 0.15) is 5.76 Å². The maximum absolute atomic E-state index is 12.4. The summed E-state index contributed by atoms with van der Waals surface area (Å²) < 4.78 is 5.13. The van der Waals surface area contributed by atoms with Gasteiger partial charge in [-0.25, -0.2) is 0 Å². The highest BCUT2D eigenvalue weighted by atomic mass is 35.5. The molecule has 0 atom stereocenters. The van der Waals surface area contributed by atoms with Crippen molar-refractivity contribution < 1.29 is 14.0 Å². The van der Waals surface area contributed by atoms with Crippen LogP contribution in [0.5, 0.6) is 0 Å². The molecule has 0 bridgehead atoms. The maximum Gasteiger partial charge on any atom is 0.239 e. The molecule has 2 N–H and O–H groups in total. The Balaban J connectivity index is 1.51. The van der Waals surface area contributed by atoms with Crippen LogP contribution in [0.3, 0.4) is 0 Å². The van der Waals surface area contributed by atoms with Crippen molar-refractivity contribution >= 4 is 23.4 Å². The van der Waals surface area contributed by atoms with Crippen LogP contribution in [0.25, 0.3) is 0 Å². The van der Waals surface area contributed by atoms with Gasteiger partial charge < -0.3 is 15.1 Å². The summed E-state index contributed by atoms with van der Waals surface area (Å²) in [5.41, 5.74) is 0.432. The number of hydrogen-bond acceptors (Lipinski definition) is 3. The molecular weight excluding hydrogens is 316 g/mol. The van der Waals surface area contributed by atoms with Gasteiger partial charge >= 0.3 is 0 Å². The molecule has 120 valence electrons. The van der Waals surface area contributed by atoms with Crippen LogP contribution in [0.4, 0.5) is 0 Å². The third kappa shape index (κ3) is 3.56. The molecule has 0 saturated heterocycles. The zero-order valence-corrected chi connectivity index (χ0v) is 13.2. The number of halogens is 1. The predicted octanol–water partition coefficient (Wildman–Crippen LogP) is 2.40. The lowest BCUT2D eigenvalue weighted by molar-refractivity contribution is -0.127. The van der Waals surface area contributed by atoms with Gasteiger partial charge in [0.2, 0.25) is 11.8 Å². The smallest absolute Gasteiger partial charge is 0.239 e. The molecule has 1 aliphatic rings. The molecule has 0 unspecified atom stereocenters. The minimum Gasteiger partial charge on any atom is -0.467 e. The fraction of sp³-hybridized carbons (Fsp3) is 0.294. The van der Waals surface area contributed by atoms with Crippen molar-refractivity contribution in [3.63, 3.8) is 0 Å². The van der Waals surface area contributed by atoms with E-state index in [1.165, 1.54) is 0 Å². The van der Waals surface area contributed by atoms with Gasteiger partial charge in [0, 0.05) is 5.02 Å². The molecule has 6 heteroatoms. The number of carbonyl (C=O) groups is 2. The molecule has 2 aromatic rings. The molecule has 5 nitrogen and oxygen atoms in total. The molecule has 23 heavy (non-hydrogen) atoms. The Bertz CT molecular complexity index is 691. The number of hydrogen-bond donors (Lipinski definition) is 2. The minimum atomic E-state index is -0.508. The molecule has 1 heterocycles. The first-order valence-corrected chi connectivity index (χ1v) is 7.81. The monoisotopic (exact) mass is 332 g/mol. The maximum atomic E-state index is 12.4. The molecular formula is C17H17ClN2O3. The second-order valence-electron chi connectivity index (χ2n) is 5.63. The summed E-state index contributed by atoms with van der Waals surface area (Å²) in [4.78, 5) is 24.2. The third-order valence-electron chi connectivity index (χ3n) is 4.03. The number of benzene rings is 1. The van der Waals surface area contributed by atoms with E-state index in [1.54, 1.807) is 30.5 Å². The van der Waals surface area contributed by atoms with Gasteiger partial charge in [-0.3, -0.25) is 9.59 Å². The van der Waals surface area contributed by atoms with E-state index in [4.69, 9.17) is 16.0 Å². The second kappa shape index (κ2) is 6.46. The zero-order chi connectivity index (χ0) is 16.3. The van der Waals surface area contributed by atoms with Crippen LogP contribution in [0.1, 0.15) is 24.2 Å². The van der Waals surface area contributed by atoms with Crippen LogP contribution in [-0.2, 0) is 21.5 Å². The largest absolute Gasteiger partial charge is 0.467 e. The number of furan rings is 1. The molecule has 1 aliphatic carbocycles. The average molecular weight is 333 g/mol. The Morgan fingerprint density at radius 2 is 1.87 bits per heavy atom. The van der Waals surface area contributed by atoms with Crippen molar-refractivity contribution in [2.24, 2.45) is 0 Å². The highest BCUT2D eigenvalue weighted by molar-refractivity contribution is 6.30. The fourth-order valence-electron chi connectivity index (χ4n) is 2.53. The molecule has 0 spiro atoms. The second-order valence-corrected chi connectivity index (χ2v) is 6.06. The summed E-state index contributed by atoms with van der Waals surface area (Å²) in [6, 6.07) is 10.8. The lowest BCUT2D eigenvalue weighted by Crippen LogP contribution is -2.41. The Labute approximate surface area is 139 Å². The van der Waals surface area contributed by atoms with E-state index in [0.29, 0.717) is 17.3 Å². The van der Waals surface area contributed by atoms with Crippen LogP contribution in [0, 0.1) is 0 Å². The highest BCUT2D eigenvalue weighted by Gasteiger charge is 2.51. The summed E-state index contributed by atoms with van der Waals surface area (Å²) in [5, 5.41) is 6.05. The molecule has 1 aromatic carbocycles. The Morgan fingerprint density at radius 1 is 1.13 bits per heavy atom. The first-order chi connectivity index (χ1) is 11.1. The van der Waals surface area contributed by atoms with E-state index in [1.807, 2.05) is 12.1 Å². The Hall–Kier alpha value is -2.27. The van der Waals surface area contributed by atoms with Crippen LogP contribution >= 0.6 is 11.6 Å². The van der Waals surface area contributed by atoms with Gasteiger partial charge in [0.05, 0.1) is 24.8 Å². The predicted molar refractivity (Wildman–Crippen MR) is 85.9 cm³/mol. The number of carbonyl (C=O) groups excluding carboxylic acids is 2. The van der Waals surface area contributed by atoms with Gasteiger partial charge in [0.25, 0.3) is 0 Å². The van der Waals surface area contributed by atoms with Crippen molar-refractivity contribution in [1.82, 2.24) is 10.6 Å². The van der Waals surface area contributed by atoms with Crippen molar-refractivity contribution in [2.75, 3.05) is 6.54 Å². The van der Waals surface area contributed by atoms with Gasteiger partial charge in [-0.05, 0) is 42.7 Å². The quantitative estimate of drug-likeness (QED) is 0.853. The molecule has 1 saturated carbocycles. The first-order valence-electron chi connectivity index (χ1n) is 7.44. The van der Waals surface area contributed by atoms with Gasteiger partial charge in [-0.1, -0.05) is 23.7 Å². The summed E-state index contributed by atoms with van der Waals surface area (Å²) in [6.45, 7) is 0.263. The fourth-order valence-corrected chi connectivity index (χ4v) is 2.66. The van der Waals surface area contributed by atoms with Crippen molar-refractivity contribution in [1.29, 1.82) is 0 Å². The van der Waals surface area contributed by atoms with E-state index >= 15 is 0 Å². The lowest BCUT2D eigenvalue weighted by atomic mass is 9.95. The van der Waals surface area contributed by atoms with Crippen molar-refractivity contribution in [2.45, 2.75) is 24.8 Å². The SMILES string of the molecule is O=C(CNC(=O)C1(c2ccc(Cl)cc2)CC1)NCc1ccco1. The van der Waals surface area contributed by atoms with Crippen molar-refractivity contribution in [3.05, 3.63) is 59.0 Å². The number of rotatable bonds is 6. The molecule has 1 aromatic heterocycles. The van der Waals surface area contributed by atoms with Gasteiger partial charge in [-0.15, -0.1) is 0 Å². The Kier molecular flexibility index (Phi) is 4.39. The molecule has 2 amide bonds. The third-order valence-corrected chi connectivity index (χ3v) is 4.28. The molecule has 1 fully saturated rings. The average Bonchev–Trinajstić information content (AvgIpc) is 3.20. The number of amides is 2. The van der Waals surface area contributed by atoms with Crippen LogP contribution in [0.15, 0.2) is 47.1 Å². The molecule has 0 radical (unpaired) electrons. The zero-order valence-electron chi connectivity index (χ0n) is 12.5. The summed E-state index contributed by atoms with van der Waals surface area (Å²) in [6.07, 6.45) is 3.12. The van der Waals surface area contributed by atoms with Crippen molar-refractivity contribution in [3.8, 4) is 0 Å². The lowest BCUT2D eigenvalue weighted by Gasteiger charge is -2.15. The highest BCUT2D eigenvalue weighted by Crippen LogP contribution is 2.48. The van der Waals surface area contributed by atoms with Crippen LogP contribution < -0.4 is 10.6 Å². The van der Waals surface area contributed by atoms with Crippen LogP contribution in [-0.4, -0.2) is 18.4 Å². The molecule has 3 rings (SSSR count). The standard InChI is InChI=1S/C17H17ClN2O3/c18-13-5-3-12(4-6-13)17(7-8-17)16(22)20-11-15(21)19-10-14-2-1-9-23-14/h1-6,9H,7-8,10-11H2,(H,19,21)(H,20,22). The van der Waals surface area contributed by atoms with Gasteiger partial charge in [-0.2, -0.15) is 0 Å². The summed E-state index contributed by atoms with van der Waals surface area (Å²) in [5.74, 6) is 0.305.